The second kappa shape index (κ2) is 5.77. The summed E-state index contributed by atoms with van der Waals surface area (Å²) < 4.78 is 36.4. The van der Waals surface area contributed by atoms with Crippen LogP contribution in [0.15, 0.2) is 5.11 Å². The first-order chi connectivity index (χ1) is 8.37. The molecule has 0 rings (SSSR count). The average Bonchev–Trinajstić information content (AvgIpc) is 2.11. The minimum absolute atomic E-state index is 0.0730. The normalized spacial score (nSPS) is 14.4. The zero-order valence-electron chi connectivity index (χ0n) is 11.6. The van der Waals surface area contributed by atoms with E-state index in [0.29, 0.717) is 0 Å². The van der Waals surface area contributed by atoms with Crippen LogP contribution in [-0.2, 0) is 19.6 Å². The van der Waals surface area contributed by atoms with Crippen LogP contribution in [0.2, 0.25) is 0 Å². The quantitative estimate of drug-likeness (QED) is 0.263. The van der Waals surface area contributed by atoms with E-state index >= 15 is 0 Å². The van der Waals surface area contributed by atoms with Crippen LogP contribution >= 0.6 is 0 Å². The van der Waals surface area contributed by atoms with Crippen LogP contribution in [0.4, 0.5) is 0 Å². The molecule has 0 aromatic rings. The predicted octanol–water partition coefficient (Wildman–Crippen LogP) is 1.92. The van der Waals surface area contributed by atoms with Gasteiger partial charge in [0.1, 0.15) is 0 Å². The summed E-state index contributed by atoms with van der Waals surface area (Å²) in [5.74, 6) is -1.05. The fraction of sp³-hybridized carbons (Fsp3) is 0.900. The van der Waals surface area contributed by atoms with Crippen molar-refractivity contribution in [2.24, 2.45) is 10.5 Å². The average molecular weight is 293 g/mol. The number of carbonyl (C=O) groups is 1. The maximum atomic E-state index is 11.6. The first-order valence-corrected chi connectivity index (χ1v) is 6.98. The fourth-order valence-corrected chi connectivity index (χ4v) is 3.54. The van der Waals surface area contributed by atoms with Crippen LogP contribution in [0.1, 0.15) is 34.1 Å². The molecule has 0 saturated heterocycles. The number of esters is 1. The molecular weight excluding hydrogens is 274 g/mol. The zero-order valence-corrected chi connectivity index (χ0v) is 12.4. The third-order valence-corrected chi connectivity index (χ3v) is 4.05. The molecule has 110 valence electrons. The van der Waals surface area contributed by atoms with Crippen LogP contribution in [0, 0.1) is 5.41 Å². The lowest BCUT2D eigenvalue weighted by atomic mass is 9.77. The van der Waals surface area contributed by atoms with Gasteiger partial charge in [-0.3, -0.25) is 9.35 Å². The molecule has 0 amide bonds. The highest BCUT2D eigenvalue weighted by molar-refractivity contribution is 7.87. The first kappa shape index (κ1) is 17.7. The van der Waals surface area contributed by atoms with E-state index in [1.165, 1.54) is 13.8 Å². The molecule has 0 aliphatic rings. The second-order valence-corrected chi connectivity index (χ2v) is 7.09. The number of ether oxygens (including phenoxy) is 1. The maximum absolute atomic E-state index is 11.6. The number of hydrogen-bond acceptors (Lipinski definition) is 5. The number of carbonyl (C=O) groups excluding carboxylic acids is 1. The summed E-state index contributed by atoms with van der Waals surface area (Å²) >= 11 is 0. The molecule has 0 spiro atoms. The van der Waals surface area contributed by atoms with E-state index in [0.717, 1.165) is 7.11 Å². The first-order valence-electron chi connectivity index (χ1n) is 5.48. The summed E-state index contributed by atoms with van der Waals surface area (Å²) in [5.41, 5.74) is 6.38. The van der Waals surface area contributed by atoms with Gasteiger partial charge < -0.3 is 4.74 Å². The summed E-state index contributed by atoms with van der Waals surface area (Å²) in [7, 11) is -3.59. The van der Waals surface area contributed by atoms with Crippen LogP contribution in [-0.4, -0.2) is 36.8 Å². The van der Waals surface area contributed by atoms with E-state index in [1.54, 1.807) is 13.8 Å². The Morgan fingerprint density at radius 1 is 1.42 bits per heavy atom. The molecular formula is C10H19N3O5S. The summed E-state index contributed by atoms with van der Waals surface area (Å²) in [4.78, 5) is 14.3. The number of nitrogens with zero attached hydrogens (tertiary/aromatic N) is 3. The van der Waals surface area contributed by atoms with Crippen molar-refractivity contribution in [3.63, 3.8) is 0 Å². The zero-order chi connectivity index (χ0) is 15.5. The Balaban J connectivity index is 5.56. The molecule has 0 heterocycles. The van der Waals surface area contributed by atoms with Gasteiger partial charge in [-0.05, 0) is 17.4 Å². The number of hydrogen-bond donors (Lipinski definition) is 1. The molecule has 1 atom stereocenters. The Hall–Kier alpha value is -1.31. The number of methoxy groups -OCH3 is 1. The Morgan fingerprint density at radius 3 is 2.21 bits per heavy atom. The van der Waals surface area contributed by atoms with Crippen molar-refractivity contribution in [3.05, 3.63) is 10.4 Å². The minimum Gasteiger partial charge on any atom is -0.468 e. The molecule has 0 bridgehead atoms. The molecule has 0 radical (unpaired) electrons. The minimum atomic E-state index is -4.63. The predicted molar refractivity (Wildman–Crippen MR) is 69.0 cm³/mol. The van der Waals surface area contributed by atoms with Gasteiger partial charge in [0.25, 0.3) is 10.1 Å². The molecule has 1 unspecified atom stereocenters. The van der Waals surface area contributed by atoms with E-state index in [9.17, 15) is 17.8 Å². The number of rotatable bonds is 6. The van der Waals surface area contributed by atoms with E-state index in [2.05, 4.69) is 14.8 Å². The Kier molecular flexibility index (Phi) is 5.37. The van der Waals surface area contributed by atoms with E-state index in [-0.39, 0.29) is 6.42 Å². The lowest BCUT2D eigenvalue weighted by Gasteiger charge is -2.35. The molecule has 1 N–H and O–H groups in total. The van der Waals surface area contributed by atoms with Gasteiger partial charge in [-0.1, -0.05) is 32.8 Å². The van der Waals surface area contributed by atoms with Gasteiger partial charge in [0.05, 0.1) is 7.11 Å². The smallest absolute Gasteiger partial charge is 0.327 e. The van der Waals surface area contributed by atoms with Crippen LogP contribution in [0.25, 0.3) is 10.4 Å². The molecule has 0 aromatic heterocycles. The lowest BCUT2D eigenvalue weighted by molar-refractivity contribution is -0.142. The Morgan fingerprint density at radius 2 is 1.89 bits per heavy atom. The second-order valence-electron chi connectivity index (χ2n) is 5.59. The molecule has 0 aliphatic heterocycles. The summed E-state index contributed by atoms with van der Waals surface area (Å²) in [6, 6.07) is 0. The van der Waals surface area contributed by atoms with Crippen molar-refractivity contribution in [2.75, 3.05) is 7.11 Å². The molecule has 0 aliphatic carbocycles. The molecule has 8 nitrogen and oxygen atoms in total. The topological polar surface area (TPSA) is 129 Å². The highest BCUT2D eigenvalue weighted by atomic mass is 32.2. The SMILES string of the molecule is COC(=O)C(C(C)(C)CC(C)(C)N=[N+]=[N-])S(=O)(=O)O. The molecule has 0 aromatic carbocycles. The van der Waals surface area contributed by atoms with Gasteiger partial charge in [-0.2, -0.15) is 8.42 Å². The van der Waals surface area contributed by atoms with Gasteiger partial charge in [0.2, 0.25) is 0 Å². The van der Waals surface area contributed by atoms with Crippen molar-refractivity contribution < 1.29 is 22.5 Å². The highest BCUT2D eigenvalue weighted by Gasteiger charge is 2.47. The van der Waals surface area contributed by atoms with Crippen LogP contribution in [0.5, 0.6) is 0 Å². The summed E-state index contributed by atoms with van der Waals surface area (Å²) in [6.07, 6.45) is 0.0730. The van der Waals surface area contributed by atoms with Gasteiger partial charge in [0, 0.05) is 10.5 Å². The molecule has 0 fully saturated rings. The van der Waals surface area contributed by atoms with E-state index in [4.69, 9.17) is 5.53 Å². The number of azide groups is 1. The Bertz CT molecular complexity index is 491. The van der Waals surface area contributed by atoms with E-state index < -0.39 is 32.3 Å². The van der Waals surface area contributed by atoms with Crippen LogP contribution < -0.4 is 0 Å². The van der Waals surface area contributed by atoms with Gasteiger partial charge in [0.15, 0.2) is 5.25 Å². The summed E-state index contributed by atoms with van der Waals surface area (Å²) in [6.45, 7) is 6.17. The third kappa shape index (κ3) is 5.06. The van der Waals surface area contributed by atoms with Gasteiger partial charge in [-0.15, -0.1) is 0 Å². The van der Waals surface area contributed by atoms with Crippen molar-refractivity contribution >= 4 is 16.1 Å². The highest BCUT2D eigenvalue weighted by Crippen LogP contribution is 2.37. The Labute approximate surface area is 112 Å². The summed E-state index contributed by atoms with van der Waals surface area (Å²) in [5, 5.41) is 1.81. The van der Waals surface area contributed by atoms with Crippen LogP contribution in [0.3, 0.4) is 0 Å². The fourth-order valence-electron chi connectivity index (χ4n) is 2.31. The molecule has 9 heteroatoms. The molecule has 0 saturated carbocycles. The van der Waals surface area contributed by atoms with Crippen molar-refractivity contribution in [1.29, 1.82) is 0 Å². The third-order valence-electron chi connectivity index (χ3n) is 2.63. The van der Waals surface area contributed by atoms with Gasteiger partial charge in [-0.25, -0.2) is 0 Å². The maximum Gasteiger partial charge on any atom is 0.327 e. The van der Waals surface area contributed by atoms with Crippen molar-refractivity contribution in [2.45, 2.75) is 44.9 Å². The lowest BCUT2D eigenvalue weighted by Crippen LogP contribution is -2.46. The standard InChI is InChI=1S/C10H19N3O5S/c1-9(2,6-10(3,4)12-13-11)7(8(14)18-5)19(15,16)17/h7H,6H2,1-5H3,(H,15,16,17). The van der Waals surface area contributed by atoms with Crippen molar-refractivity contribution in [1.82, 2.24) is 0 Å². The largest absolute Gasteiger partial charge is 0.468 e. The van der Waals surface area contributed by atoms with Gasteiger partial charge >= 0.3 is 5.97 Å². The van der Waals surface area contributed by atoms with E-state index in [1.807, 2.05) is 0 Å². The van der Waals surface area contributed by atoms with Crippen molar-refractivity contribution in [3.8, 4) is 0 Å². The molecule has 19 heavy (non-hydrogen) atoms. The monoisotopic (exact) mass is 293 g/mol.